The first-order valence-corrected chi connectivity index (χ1v) is 11.9. The highest BCUT2D eigenvalue weighted by atomic mass is 32.1. The van der Waals surface area contributed by atoms with Crippen molar-refractivity contribution in [3.63, 3.8) is 0 Å². The number of pyridine rings is 1. The largest absolute Gasteiger partial charge is 0.494 e. The van der Waals surface area contributed by atoms with E-state index >= 15 is 0 Å². The normalized spacial score (nSPS) is 17.6. The van der Waals surface area contributed by atoms with Crippen LogP contribution in [0.1, 0.15) is 41.6 Å². The Hall–Kier alpha value is -3.64. The molecule has 0 unspecified atom stereocenters. The lowest BCUT2D eigenvalue weighted by molar-refractivity contribution is 0.340. The number of hydrogen-bond donors (Lipinski definition) is 1. The Balaban J connectivity index is 1.55. The molecule has 2 aromatic carbocycles. The predicted octanol–water partition coefficient (Wildman–Crippen LogP) is 6.53. The molecule has 1 aliphatic rings. The maximum absolute atomic E-state index is 6.45. The van der Waals surface area contributed by atoms with Crippen molar-refractivity contribution < 1.29 is 9.15 Å². The quantitative estimate of drug-likeness (QED) is 0.324. The van der Waals surface area contributed by atoms with Crippen molar-refractivity contribution in [1.29, 1.82) is 0 Å². The first-order chi connectivity index (χ1) is 16.5. The van der Waals surface area contributed by atoms with Gasteiger partial charge in [0.15, 0.2) is 5.11 Å². The summed E-state index contributed by atoms with van der Waals surface area (Å²) >= 11 is 5.82. The Labute approximate surface area is 205 Å². The van der Waals surface area contributed by atoms with Gasteiger partial charge in [-0.1, -0.05) is 12.1 Å². The number of aromatic nitrogens is 1. The first-order valence-electron chi connectivity index (χ1n) is 11.5. The number of rotatable bonds is 6. The summed E-state index contributed by atoms with van der Waals surface area (Å²) < 4.78 is 12.0. The summed E-state index contributed by atoms with van der Waals surface area (Å²) in [6, 6.07) is 24.0. The van der Waals surface area contributed by atoms with Gasteiger partial charge in [0.25, 0.3) is 0 Å². The van der Waals surface area contributed by atoms with E-state index in [1.165, 1.54) is 11.1 Å². The van der Waals surface area contributed by atoms with E-state index in [1.54, 1.807) is 0 Å². The van der Waals surface area contributed by atoms with E-state index in [2.05, 4.69) is 47.2 Å². The van der Waals surface area contributed by atoms with Gasteiger partial charge >= 0.3 is 0 Å². The van der Waals surface area contributed by atoms with Crippen molar-refractivity contribution in [2.75, 3.05) is 11.5 Å². The molecule has 2 aromatic heterocycles. The number of benzene rings is 2. The molecule has 0 amide bonds. The van der Waals surface area contributed by atoms with Gasteiger partial charge in [-0.2, -0.15) is 0 Å². The van der Waals surface area contributed by atoms with E-state index in [-0.39, 0.29) is 12.1 Å². The Kier molecular flexibility index (Phi) is 6.07. The highest BCUT2D eigenvalue weighted by Gasteiger charge is 2.42. The van der Waals surface area contributed by atoms with Crippen molar-refractivity contribution in [1.82, 2.24) is 10.3 Å². The summed E-state index contributed by atoms with van der Waals surface area (Å²) in [5, 5.41) is 4.15. The fraction of sp³-hybridized carbons (Fsp3) is 0.214. The average Bonchev–Trinajstić information content (AvgIpc) is 3.47. The van der Waals surface area contributed by atoms with Gasteiger partial charge in [0.1, 0.15) is 23.3 Å². The van der Waals surface area contributed by atoms with Crippen LogP contribution in [-0.4, -0.2) is 16.7 Å². The summed E-state index contributed by atoms with van der Waals surface area (Å²) in [6.45, 7) is 6.85. The molecule has 0 aliphatic carbocycles. The molecule has 2 atom stereocenters. The first kappa shape index (κ1) is 22.2. The second-order valence-corrected chi connectivity index (χ2v) is 8.81. The molecule has 1 N–H and O–H groups in total. The van der Waals surface area contributed by atoms with E-state index in [4.69, 9.17) is 21.4 Å². The van der Waals surface area contributed by atoms with Gasteiger partial charge in [0, 0.05) is 17.4 Å². The van der Waals surface area contributed by atoms with Gasteiger partial charge in [0.2, 0.25) is 0 Å². The van der Waals surface area contributed by atoms with E-state index in [0.717, 1.165) is 34.2 Å². The van der Waals surface area contributed by atoms with E-state index in [9.17, 15) is 0 Å². The summed E-state index contributed by atoms with van der Waals surface area (Å²) in [5.74, 6) is 2.47. The number of nitrogens with zero attached hydrogens (tertiary/aromatic N) is 2. The number of aryl methyl sites for hydroxylation is 2. The number of ether oxygens (including phenoxy) is 1. The van der Waals surface area contributed by atoms with Crippen LogP contribution in [0, 0.1) is 13.8 Å². The van der Waals surface area contributed by atoms with Crippen LogP contribution in [0.15, 0.2) is 83.4 Å². The summed E-state index contributed by atoms with van der Waals surface area (Å²) in [7, 11) is 0. The number of nitrogens with one attached hydrogen (secondary N) is 1. The van der Waals surface area contributed by atoms with Crippen molar-refractivity contribution in [2.45, 2.75) is 32.9 Å². The topological polar surface area (TPSA) is 50.5 Å². The molecule has 1 fully saturated rings. The van der Waals surface area contributed by atoms with Gasteiger partial charge in [-0.3, -0.25) is 4.98 Å². The number of thiocarbonyl (C=S) groups is 1. The minimum absolute atomic E-state index is 0.144. The van der Waals surface area contributed by atoms with Crippen LogP contribution in [0.3, 0.4) is 0 Å². The second-order valence-electron chi connectivity index (χ2n) is 8.42. The van der Waals surface area contributed by atoms with Crippen molar-refractivity contribution in [2.24, 2.45) is 0 Å². The van der Waals surface area contributed by atoms with E-state index in [0.29, 0.717) is 11.7 Å². The monoisotopic (exact) mass is 469 g/mol. The van der Waals surface area contributed by atoms with Gasteiger partial charge in [-0.05, 0) is 105 Å². The van der Waals surface area contributed by atoms with Crippen LogP contribution in [0.25, 0.3) is 11.3 Å². The Bertz CT molecular complexity index is 1300. The molecular formula is C28H27N3O2S. The lowest BCUT2D eigenvalue weighted by Gasteiger charge is -2.26. The highest BCUT2D eigenvalue weighted by molar-refractivity contribution is 7.80. The molecule has 0 saturated carbocycles. The van der Waals surface area contributed by atoms with Crippen LogP contribution in [0.4, 0.5) is 5.69 Å². The smallest absolute Gasteiger partial charge is 0.174 e. The summed E-state index contributed by atoms with van der Waals surface area (Å²) in [6.07, 6.45) is 1.81. The molecule has 1 aliphatic heterocycles. The molecule has 1 saturated heterocycles. The molecule has 172 valence electrons. The molecule has 5 rings (SSSR count). The van der Waals surface area contributed by atoms with E-state index in [1.807, 2.05) is 67.7 Å². The molecule has 0 spiro atoms. The second kappa shape index (κ2) is 9.31. The van der Waals surface area contributed by atoms with Crippen LogP contribution >= 0.6 is 12.2 Å². The Morgan fingerprint density at radius 2 is 1.82 bits per heavy atom. The van der Waals surface area contributed by atoms with Gasteiger partial charge < -0.3 is 19.4 Å². The third-order valence-electron chi connectivity index (χ3n) is 6.23. The molecule has 3 heterocycles. The Morgan fingerprint density at radius 1 is 1.00 bits per heavy atom. The number of hydrogen-bond acceptors (Lipinski definition) is 4. The average molecular weight is 470 g/mol. The lowest BCUT2D eigenvalue weighted by atomic mass is 10.0. The third-order valence-corrected chi connectivity index (χ3v) is 6.55. The van der Waals surface area contributed by atoms with Crippen molar-refractivity contribution >= 4 is 23.0 Å². The fourth-order valence-electron chi connectivity index (χ4n) is 4.35. The number of furan rings is 1. The molecule has 0 bridgehead atoms. The standard InChI is InChI=1S/C28H27N3O2S/c1-4-32-22-12-9-20(10-13-22)24-14-15-25(33-24)27-26(23-7-5-6-16-29-23)30-28(34)31(27)21-11-8-18(2)19(3)17-21/h5-17,26-27H,4H2,1-3H3,(H,30,34)/t26-,27-/m1/s1. The lowest BCUT2D eigenvalue weighted by Crippen LogP contribution is -2.29. The highest BCUT2D eigenvalue weighted by Crippen LogP contribution is 2.43. The maximum Gasteiger partial charge on any atom is 0.174 e. The summed E-state index contributed by atoms with van der Waals surface area (Å²) in [5.41, 5.74) is 5.41. The zero-order valence-corrected chi connectivity index (χ0v) is 20.3. The van der Waals surface area contributed by atoms with Gasteiger partial charge in [-0.15, -0.1) is 0 Å². The van der Waals surface area contributed by atoms with Gasteiger partial charge in [0.05, 0.1) is 18.3 Å². The van der Waals surface area contributed by atoms with Crippen LogP contribution < -0.4 is 15.0 Å². The zero-order valence-electron chi connectivity index (χ0n) is 19.5. The SMILES string of the molecule is CCOc1ccc(-c2ccc([C@@H]3[C@@H](c4ccccn4)NC(=S)N3c3ccc(C)c(C)c3)o2)cc1. The van der Waals surface area contributed by atoms with Crippen LogP contribution in [-0.2, 0) is 0 Å². The summed E-state index contributed by atoms with van der Waals surface area (Å²) in [4.78, 5) is 6.76. The van der Waals surface area contributed by atoms with E-state index < -0.39 is 0 Å². The van der Waals surface area contributed by atoms with Crippen LogP contribution in [0.2, 0.25) is 0 Å². The van der Waals surface area contributed by atoms with Crippen molar-refractivity contribution in [3.05, 3.63) is 102 Å². The molecular weight excluding hydrogens is 442 g/mol. The Morgan fingerprint density at radius 3 is 2.53 bits per heavy atom. The minimum atomic E-state index is -0.180. The number of anilines is 1. The molecule has 34 heavy (non-hydrogen) atoms. The maximum atomic E-state index is 6.45. The van der Waals surface area contributed by atoms with Crippen molar-refractivity contribution in [3.8, 4) is 17.1 Å². The minimum Gasteiger partial charge on any atom is -0.494 e. The zero-order chi connectivity index (χ0) is 23.7. The third kappa shape index (κ3) is 4.17. The molecule has 5 nitrogen and oxygen atoms in total. The van der Waals surface area contributed by atoms with Crippen LogP contribution in [0.5, 0.6) is 5.75 Å². The predicted molar refractivity (Wildman–Crippen MR) is 139 cm³/mol. The fourth-order valence-corrected chi connectivity index (χ4v) is 4.69. The van der Waals surface area contributed by atoms with Gasteiger partial charge in [-0.25, -0.2) is 0 Å². The molecule has 0 radical (unpaired) electrons. The molecule has 6 heteroatoms. The molecule has 4 aromatic rings.